The summed E-state index contributed by atoms with van der Waals surface area (Å²) in [7, 11) is 0. The molecule has 2 fully saturated rings. The second-order valence-electron chi connectivity index (χ2n) is 8.83. The van der Waals surface area contributed by atoms with Crippen molar-refractivity contribution in [3.8, 4) is 0 Å². The van der Waals surface area contributed by atoms with Crippen LogP contribution in [0.5, 0.6) is 0 Å². The summed E-state index contributed by atoms with van der Waals surface area (Å²) in [5.41, 5.74) is -0.665. The lowest BCUT2D eigenvalue weighted by atomic mass is 10.1. The van der Waals surface area contributed by atoms with Gasteiger partial charge in [-0.15, -0.1) is 0 Å². The Kier molecular flexibility index (Phi) is 5.55. The second-order valence-corrected chi connectivity index (χ2v) is 9.21. The third-order valence-corrected chi connectivity index (χ3v) is 6.86. The zero-order valence-corrected chi connectivity index (χ0v) is 19.1. The Hall–Kier alpha value is -3.40. The lowest BCUT2D eigenvalue weighted by Gasteiger charge is -2.24. The van der Waals surface area contributed by atoms with Crippen molar-refractivity contribution in [1.29, 1.82) is 0 Å². The third-order valence-electron chi connectivity index (χ3n) is 6.51. The van der Waals surface area contributed by atoms with Crippen LogP contribution in [0.1, 0.15) is 48.6 Å². The summed E-state index contributed by atoms with van der Waals surface area (Å²) in [5, 5.41) is 16.5. The number of pyridine rings is 1. The van der Waals surface area contributed by atoms with Crippen LogP contribution >= 0.6 is 11.6 Å². The lowest BCUT2D eigenvalue weighted by molar-refractivity contribution is -0.124. The molecule has 1 saturated carbocycles. The summed E-state index contributed by atoms with van der Waals surface area (Å²) in [6.45, 7) is 2.56. The number of nitrogens with one attached hydrogen (secondary N) is 1. The number of aromatic carboxylic acids is 1. The van der Waals surface area contributed by atoms with E-state index < -0.39 is 28.8 Å². The number of hydrogen-bond acceptors (Lipinski definition) is 5. The van der Waals surface area contributed by atoms with Crippen LogP contribution in [-0.2, 0) is 4.79 Å². The fourth-order valence-corrected chi connectivity index (χ4v) is 4.96. The molecule has 1 amide bonds. The van der Waals surface area contributed by atoms with Gasteiger partial charge in [-0.2, -0.15) is 5.10 Å². The van der Waals surface area contributed by atoms with Crippen LogP contribution in [0.15, 0.2) is 35.5 Å². The van der Waals surface area contributed by atoms with Gasteiger partial charge < -0.3 is 19.9 Å². The number of benzene rings is 1. The van der Waals surface area contributed by atoms with E-state index in [9.17, 15) is 19.5 Å². The maximum Gasteiger partial charge on any atom is 0.341 e. The number of anilines is 1. The number of carbonyl (C=O) groups is 2. The van der Waals surface area contributed by atoms with E-state index in [2.05, 4.69) is 10.4 Å². The molecule has 34 heavy (non-hydrogen) atoms. The van der Waals surface area contributed by atoms with Gasteiger partial charge in [0.05, 0.1) is 21.6 Å². The third kappa shape index (κ3) is 3.81. The van der Waals surface area contributed by atoms with Gasteiger partial charge in [0, 0.05) is 43.8 Å². The first kappa shape index (κ1) is 22.4. The first-order chi connectivity index (χ1) is 16.3. The zero-order valence-electron chi connectivity index (χ0n) is 18.4. The molecule has 11 heteroatoms. The van der Waals surface area contributed by atoms with E-state index in [-0.39, 0.29) is 34.1 Å². The molecule has 0 bridgehead atoms. The van der Waals surface area contributed by atoms with Crippen molar-refractivity contribution in [2.45, 2.75) is 44.3 Å². The summed E-state index contributed by atoms with van der Waals surface area (Å²) < 4.78 is 18.5. The number of carboxylic acid groups (broad SMARTS) is 1. The maximum absolute atomic E-state index is 15.3. The smallest absolute Gasteiger partial charge is 0.341 e. The molecule has 3 aromatic rings. The molecule has 0 spiro atoms. The summed E-state index contributed by atoms with van der Waals surface area (Å²) in [5.74, 6) is -2.25. The van der Waals surface area contributed by atoms with Gasteiger partial charge in [0.2, 0.25) is 11.3 Å². The van der Waals surface area contributed by atoms with Crippen molar-refractivity contribution in [1.82, 2.24) is 19.7 Å². The summed E-state index contributed by atoms with van der Waals surface area (Å²) in [6.07, 6.45) is 6.87. The van der Waals surface area contributed by atoms with E-state index in [0.717, 1.165) is 18.9 Å². The summed E-state index contributed by atoms with van der Waals surface area (Å²) >= 11 is 6.69. The normalized spacial score (nSPS) is 18.9. The van der Waals surface area contributed by atoms with Crippen LogP contribution in [0, 0.1) is 5.82 Å². The predicted molar refractivity (Wildman–Crippen MR) is 124 cm³/mol. The minimum absolute atomic E-state index is 0.0198. The SMILES string of the molecule is CC(C(=O)NC1CCN(c2c(F)cc3c(=O)c(C(=O)O)cn(C4CC4)c3c2Cl)C1)n1cccn1. The van der Waals surface area contributed by atoms with Crippen LogP contribution in [0.3, 0.4) is 0 Å². The average molecular weight is 488 g/mol. The van der Waals surface area contributed by atoms with Crippen molar-refractivity contribution < 1.29 is 19.1 Å². The van der Waals surface area contributed by atoms with Crippen LogP contribution < -0.4 is 15.6 Å². The molecule has 5 rings (SSSR count). The molecular weight excluding hydrogens is 465 g/mol. The number of amides is 1. The van der Waals surface area contributed by atoms with Gasteiger partial charge in [0.15, 0.2) is 0 Å². The molecular formula is C23H23ClFN5O4. The van der Waals surface area contributed by atoms with Gasteiger partial charge in [0.25, 0.3) is 0 Å². The van der Waals surface area contributed by atoms with Crippen LogP contribution in [-0.4, -0.2) is 50.5 Å². The highest BCUT2D eigenvalue weighted by Gasteiger charge is 2.33. The zero-order chi connectivity index (χ0) is 24.1. The van der Waals surface area contributed by atoms with E-state index in [1.54, 1.807) is 39.5 Å². The summed E-state index contributed by atoms with van der Waals surface area (Å²) in [4.78, 5) is 38.7. The van der Waals surface area contributed by atoms with Crippen LogP contribution in [0.25, 0.3) is 10.9 Å². The highest BCUT2D eigenvalue weighted by atomic mass is 35.5. The van der Waals surface area contributed by atoms with Crippen molar-refractivity contribution >= 4 is 40.1 Å². The van der Waals surface area contributed by atoms with Crippen molar-refractivity contribution in [3.63, 3.8) is 0 Å². The number of aromatic nitrogens is 3. The molecule has 3 heterocycles. The number of hydrogen-bond donors (Lipinski definition) is 2. The molecule has 178 valence electrons. The Morgan fingerprint density at radius 2 is 2.09 bits per heavy atom. The van der Waals surface area contributed by atoms with Gasteiger partial charge in [-0.3, -0.25) is 14.3 Å². The molecule has 1 aliphatic carbocycles. The number of halogens is 2. The first-order valence-electron chi connectivity index (χ1n) is 11.1. The molecule has 2 N–H and O–H groups in total. The van der Waals surface area contributed by atoms with Crippen molar-refractivity contribution in [3.05, 3.63) is 57.3 Å². The molecule has 2 atom stereocenters. The highest BCUT2D eigenvalue weighted by molar-refractivity contribution is 6.38. The molecule has 1 aromatic carbocycles. The van der Waals surface area contributed by atoms with E-state index in [0.29, 0.717) is 25.0 Å². The average Bonchev–Trinajstić information content (AvgIpc) is 3.29. The predicted octanol–water partition coefficient (Wildman–Crippen LogP) is 2.98. The Morgan fingerprint density at radius 1 is 1.32 bits per heavy atom. The number of rotatable bonds is 6. The van der Waals surface area contributed by atoms with E-state index in [1.165, 1.54) is 6.20 Å². The lowest BCUT2D eigenvalue weighted by Crippen LogP contribution is -2.40. The minimum atomic E-state index is -1.36. The number of fused-ring (bicyclic) bond motifs is 1. The van der Waals surface area contributed by atoms with Crippen LogP contribution in [0.2, 0.25) is 5.02 Å². The molecule has 2 aromatic heterocycles. The summed E-state index contributed by atoms with van der Waals surface area (Å²) in [6, 6.07) is 2.15. The maximum atomic E-state index is 15.3. The molecule has 2 unspecified atom stereocenters. The largest absolute Gasteiger partial charge is 0.477 e. The fraction of sp³-hybridized carbons (Fsp3) is 0.391. The number of nitrogens with zero attached hydrogens (tertiary/aromatic N) is 4. The molecule has 1 aliphatic heterocycles. The van der Waals surface area contributed by atoms with E-state index >= 15 is 4.39 Å². The van der Waals surface area contributed by atoms with Gasteiger partial charge in [-0.25, -0.2) is 9.18 Å². The van der Waals surface area contributed by atoms with Crippen molar-refractivity contribution in [2.75, 3.05) is 18.0 Å². The highest BCUT2D eigenvalue weighted by Crippen LogP contribution is 2.42. The monoisotopic (exact) mass is 487 g/mol. The fourth-order valence-electron chi connectivity index (χ4n) is 4.55. The Morgan fingerprint density at radius 3 is 2.74 bits per heavy atom. The first-order valence-corrected chi connectivity index (χ1v) is 11.5. The molecule has 1 saturated heterocycles. The van der Waals surface area contributed by atoms with Gasteiger partial charge >= 0.3 is 5.97 Å². The second kappa shape index (κ2) is 8.43. The molecule has 2 aliphatic rings. The van der Waals surface area contributed by atoms with Gasteiger partial charge in [0.1, 0.15) is 17.4 Å². The standard InChI is InChI=1S/C23H23ClFN5O4/c1-12(30-7-2-6-26-30)22(32)27-13-5-8-28(10-13)20-17(25)9-15-19(18(20)24)29(14-3-4-14)11-16(21(15)31)23(33)34/h2,6-7,9,11-14H,3-5,8,10H2,1H3,(H,27,32)(H,33,34). The topological polar surface area (TPSA) is 109 Å². The minimum Gasteiger partial charge on any atom is -0.477 e. The number of carboxylic acids is 1. The van der Waals surface area contributed by atoms with Gasteiger partial charge in [-0.05, 0) is 38.3 Å². The molecule has 0 radical (unpaired) electrons. The van der Waals surface area contributed by atoms with E-state index in [1.807, 2.05) is 0 Å². The van der Waals surface area contributed by atoms with E-state index in [4.69, 9.17) is 11.6 Å². The van der Waals surface area contributed by atoms with Gasteiger partial charge in [-0.1, -0.05) is 11.6 Å². The number of carbonyl (C=O) groups excluding carboxylic acids is 1. The Labute approximate surface area is 198 Å². The Balaban J connectivity index is 1.46. The Bertz CT molecular complexity index is 1350. The van der Waals surface area contributed by atoms with Crippen LogP contribution in [0.4, 0.5) is 10.1 Å². The van der Waals surface area contributed by atoms with Crippen molar-refractivity contribution in [2.24, 2.45) is 0 Å². The molecule has 9 nitrogen and oxygen atoms in total. The quantitative estimate of drug-likeness (QED) is 0.553.